The second-order valence-corrected chi connectivity index (χ2v) is 7.06. The molecule has 1 aliphatic rings. The molecule has 1 aromatic heterocycles. The highest BCUT2D eigenvalue weighted by molar-refractivity contribution is 6.31. The van der Waals surface area contributed by atoms with Gasteiger partial charge in [0.2, 0.25) is 0 Å². The van der Waals surface area contributed by atoms with Crippen molar-refractivity contribution in [3.05, 3.63) is 58.4 Å². The molecule has 1 saturated carbocycles. The SMILES string of the molecule is Cc1ccc(NC(=O)c2cc(C(=O)NC3CCCCC3)ccn2)cc1Cl. The Hall–Kier alpha value is -2.40. The number of aryl methyl sites for hydroxylation is 1. The number of rotatable bonds is 4. The maximum Gasteiger partial charge on any atom is 0.274 e. The summed E-state index contributed by atoms with van der Waals surface area (Å²) in [4.78, 5) is 28.9. The molecule has 0 saturated heterocycles. The average Bonchev–Trinajstić information content (AvgIpc) is 2.65. The Morgan fingerprint density at radius 1 is 1.08 bits per heavy atom. The number of aromatic nitrogens is 1. The fourth-order valence-electron chi connectivity index (χ4n) is 3.08. The Morgan fingerprint density at radius 2 is 1.85 bits per heavy atom. The van der Waals surface area contributed by atoms with Gasteiger partial charge in [0.15, 0.2) is 0 Å². The first-order valence-electron chi connectivity index (χ1n) is 8.87. The number of halogens is 1. The second kappa shape index (κ2) is 8.32. The van der Waals surface area contributed by atoms with Gasteiger partial charge < -0.3 is 10.6 Å². The van der Waals surface area contributed by atoms with Crippen LogP contribution >= 0.6 is 11.6 Å². The molecule has 1 aliphatic carbocycles. The molecule has 0 unspecified atom stereocenters. The zero-order valence-electron chi connectivity index (χ0n) is 14.7. The molecular weight excluding hydrogens is 350 g/mol. The topological polar surface area (TPSA) is 71.1 Å². The molecule has 0 bridgehead atoms. The normalized spacial score (nSPS) is 14.7. The molecule has 0 radical (unpaired) electrons. The maximum atomic E-state index is 12.4. The molecule has 1 heterocycles. The first kappa shape index (κ1) is 18.4. The Balaban J connectivity index is 1.68. The minimum atomic E-state index is -0.378. The molecule has 0 aliphatic heterocycles. The molecule has 2 amide bonds. The van der Waals surface area contributed by atoms with Crippen LogP contribution in [0.3, 0.4) is 0 Å². The molecule has 3 rings (SSSR count). The molecular formula is C20H22ClN3O2. The Bertz CT molecular complexity index is 816. The number of nitrogens with zero attached hydrogens (tertiary/aromatic N) is 1. The van der Waals surface area contributed by atoms with Crippen molar-refractivity contribution in [2.24, 2.45) is 0 Å². The van der Waals surface area contributed by atoms with Gasteiger partial charge in [-0.2, -0.15) is 0 Å². The minimum Gasteiger partial charge on any atom is -0.349 e. The van der Waals surface area contributed by atoms with Crippen molar-refractivity contribution < 1.29 is 9.59 Å². The van der Waals surface area contributed by atoms with Crippen LogP contribution in [-0.2, 0) is 0 Å². The fraction of sp³-hybridized carbons (Fsp3) is 0.350. The first-order chi connectivity index (χ1) is 12.5. The summed E-state index contributed by atoms with van der Waals surface area (Å²) in [5.41, 5.74) is 2.16. The van der Waals surface area contributed by atoms with Gasteiger partial charge in [-0.05, 0) is 49.6 Å². The van der Waals surface area contributed by atoms with Gasteiger partial charge in [-0.25, -0.2) is 0 Å². The summed E-state index contributed by atoms with van der Waals surface area (Å²) in [5, 5.41) is 6.38. The monoisotopic (exact) mass is 371 g/mol. The summed E-state index contributed by atoms with van der Waals surface area (Å²) in [7, 11) is 0. The Kier molecular flexibility index (Phi) is 5.89. The van der Waals surface area contributed by atoms with Crippen LogP contribution in [0.5, 0.6) is 0 Å². The van der Waals surface area contributed by atoms with E-state index in [1.807, 2.05) is 13.0 Å². The molecule has 1 fully saturated rings. The van der Waals surface area contributed by atoms with Gasteiger partial charge in [-0.15, -0.1) is 0 Å². The van der Waals surface area contributed by atoms with Crippen LogP contribution in [-0.4, -0.2) is 22.8 Å². The van der Waals surface area contributed by atoms with Crippen LogP contribution in [0.25, 0.3) is 0 Å². The molecule has 0 spiro atoms. The lowest BCUT2D eigenvalue weighted by Crippen LogP contribution is -2.36. The van der Waals surface area contributed by atoms with Gasteiger partial charge in [0.05, 0.1) is 0 Å². The molecule has 2 aromatic rings. The number of hydrogen-bond acceptors (Lipinski definition) is 3. The number of anilines is 1. The van der Waals surface area contributed by atoms with Crippen LogP contribution in [0.15, 0.2) is 36.5 Å². The van der Waals surface area contributed by atoms with Gasteiger partial charge in [0.1, 0.15) is 5.69 Å². The summed E-state index contributed by atoms with van der Waals surface area (Å²) in [6.07, 6.45) is 7.03. The molecule has 6 heteroatoms. The largest absolute Gasteiger partial charge is 0.349 e. The van der Waals surface area contributed by atoms with Crippen LogP contribution in [0.1, 0.15) is 58.5 Å². The van der Waals surface area contributed by atoms with Crippen LogP contribution in [0.4, 0.5) is 5.69 Å². The number of pyridine rings is 1. The Labute approximate surface area is 158 Å². The number of carbonyl (C=O) groups excluding carboxylic acids is 2. The minimum absolute atomic E-state index is 0.160. The quantitative estimate of drug-likeness (QED) is 0.838. The first-order valence-corrected chi connectivity index (χ1v) is 9.25. The van der Waals surface area contributed by atoms with Crippen molar-refractivity contribution in [1.82, 2.24) is 10.3 Å². The molecule has 136 valence electrons. The van der Waals surface area contributed by atoms with Gasteiger partial charge in [-0.3, -0.25) is 14.6 Å². The molecule has 2 N–H and O–H groups in total. The predicted octanol–water partition coefficient (Wildman–Crippen LogP) is 4.36. The van der Waals surface area contributed by atoms with Gasteiger partial charge >= 0.3 is 0 Å². The Morgan fingerprint density at radius 3 is 2.58 bits per heavy atom. The number of hydrogen-bond donors (Lipinski definition) is 2. The number of nitrogens with one attached hydrogen (secondary N) is 2. The van der Waals surface area contributed by atoms with E-state index in [4.69, 9.17) is 11.6 Å². The summed E-state index contributed by atoms with van der Waals surface area (Å²) >= 11 is 6.08. The number of benzene rings is 1. The third kappa shape index (κ3) is 4.61. The molecule has 26 heavy (non-hydrogen) atoms. The van der Waals surface area contributed by atoms with Gasteiger partial charge in [0.25, 0.3) is 11.8 Å². The fourth-order valence-corrected chi connectivity index (χ4v) is 3.26. The molecule has 1 aromatic carbocycles. The van der Waals surface area contributed by atoms with Crippen molar-refractivity contribution in [2.45, 2.75) is 45.1 Å². The number of amides is 2. The van der Waals surface area contributed by atoms with Crippen molar-refractivity contribution in [3.8, 4) is 0 Å². The van der Waals surface area contributed by atoms with Crippen molar-refractivity contribution >= 4 is 29.1 Å². The standard InChI is InChI=1S/C20H22ClN3O2/c1-13-7-8-16(12-17(13)21)24-20(26)18-11-14(9-10-22-18)19(25)23-15-5-3-2-4-6-15/h7-12,15H,2-6H2,1H3,(H,23,25)(H,24,26). The maximum absolute atomic E-state index is 12.4. The van der Waals surface area contributed by atoms with Crippen molar-refractivity contribution in [3.63, 3.8) is 0 Å². The summed E-state index contributed by atoms with van der Waals surface area (Å²) < 4.78 is 0. The van der Waals surface area contributed by atoms with Crippen molar-refractivity contribution in [1.29, 1.82) is 0 Å². The molecule has 5 nitrogen and oxygen atoms in total. The van der Waals surface area contributed by atoms with Crippen molar-refractivity contribution in [2.75, 3.05) is 5.32 Å². The highest BCUT2D eigenvalue weighted by Gasteiger charge is 2.18. The highest BCUT2D eigenvalue weighted by Crippen LogP contribution is 2.21. The van der Waals surface area contributed by atoms with Crippen LogP contribution < -0.4 is 10.6 Å². The highest BCUT2D eigenvalue weighted by atomic mass is 35.5. The summed E-state index contributed by atoms with van der Waals surface area (Å²) in [6.45, 7) is 1.89. The van der Waals surface area contributed by atoms with E-state index >= 15 is 0 Å². The zero-order valence-corrected chi connectivity index (χ0v) is 15.5. The van der Waals surface area contributed by atoms with E-state index in [-0.39, 0.29) is 23.6 Å². The molecule has 0 atom stereocenters. The average molecular weight is 372 g/mol. The smallest absolute Gasteiger partial charge is 0.274 e. The van der Waals surface area contributed by atoms with E-state index < -0.39 is 0 Å². The van der Waals surface area contributed by atoms with E-state index in [2.05, 4.69) is 15.6 Å². The van der Waals surface area contributed by atoms with E-state index in [0.717, 1.165) is 31.2 Å². The lowest BCUT2D eigenvalue weighted by Gasteiger charge is -2.22. The summed E-state index contributed by atoms with van der Waals surface area (Å²) in [5.74, 6) is -0.538. The third-order valence-electron chi connectivity index (χ3n) is 4.62. The summed E-state index contributed by atoms with van der Waals surface area (Å²) in [6, 6.07) is 8.66. The second-order valence-electron chi connectivity index (χ2n) is 6.66. The van der Waals surface area contributed by atoms with E-state index in [0.29, 0.717) is 16.3 Å². The van der Waals surface area contributed by atoms with Gasteiger partial charge in [0, 0.05) is 28.5 Å². The third-order valence-corrected chi connectivity index (χ3v) is 5.03. The van der Waals surface area contributed by atoms with E-state index in [1.165, 1.54) is 18.7 Å². The van der Waals surface area contributed by atoms with Crippen LogP contribution in [0, 0.1) is 6.92 Å². The van der Waals surface area contributed by atoms with Gasteiger partial charge in [-0.1, -0.05) is 36.9 Å². The lowest BCUT2D eigenvalue weighted by atomic mass is 9.95. The van der Waals surface area contributed by atoms with E-state index in [9.17, 15) is 9.59 Å². The van der Waals surface area contributed by atoms with Crippen LogP contribution in [0.2, 0.25) is 5.02 Å². The van der Waals surface area contributed by atoms with E-state index in [1.54, 1.807) is 18.2 Å². The predicted molar refractivity (Wildman–Crippen MR) is 103 cm³/mol. The number of carbonyl (C=O) groups is 2. The zero-order chi connectivity index (χ0) is 18.5. The lowest BCUT2D eigenvalue weighted by molar-refractivity contribution is 0.0927.